The molecule has 0 bridgehead atoms. The highest BCUT2D eigenvalue weighted by molar-refractivity contribution is 7.92. The lowest BCUT2D eigenvalue weighted by Gasteiger charge is -2.33. The Labute approximate surface area is 235 Å². The van der Waals surface area contributed by atoms with E-state index in [1.54, 1.807) is 49.4 Å². The minimum atomic E-state index is -4.25. The number of sulfonamides is 1. The summed E-state index contributed by atoms with van der Waals surface area (Å²) in [5.74, 6) is 0.419. The molecule has 1 atom stereocenters. The Morgan fingerprint density at radius 3 is 2.15 bits per heavy atom. The number of hydrogen-bond acceptors (Lipinski definition) is 7. The SMILES string of the molecule is CC[C@H](C(=O)NC)N(Cc1cccc(OC)c1)C(=O)CN(c1ccccc1OC)S(=O)(=O)c1ccc(OC)cc1. The normalized spacial score (nSPS) is 11.7. The van der Waals surface area contributed by atoms with E-state index >= 15 is 0 Å². The second-order valence-electron chi connectivity index (χ2n) is 8.77. The summed E-state index contributed by atoms with van der Waals surface area (Å²) in [5, 5.41) is 2.61. The monoisotopic (exact) mass is 569 g/mol. The van der Waals surface area contributed by atoms with E-state index in [0.717, 1.165) is 9.87 Å². The van der Waals surface area contributed by atoms with Crippen LogP contribution in [0.15, 0.2) is 77.7 Å². The van der Waals surface area contributed by atoms with Crippen molar-refractivity contribution in [2.45, 2.75) is 30.8 Å². The van der Waals surface area contributed by atoms with Crippen molar-refractivity contribution in [1.29, 1.82) is 0 Å². The van der Waals surface area contributed by atoms with Crippen LogP contribution in [0.5, 0.6) is 17.2 Å². The smallest absolute Gasteiger partial charge is 0.264 e. The number of rotatable bonds is 13. The first-order valence-corrected chi connectivity index (χ1v) is 14.1. The molecule has 3 aromatic rings. The van der Waals surface area contributed by atoms with Gasteiger partial charge in [0.1, 0.15) is 29.8 Å². The number of nitrogens with zero attached hydrogens (tertiary/aromatic N) is 2. The molecule has 0 unspecified atom stereocenters. The Balaban J connectivity index is 2.10. The van der Waals surface area contributed by atoms with Crippen LogP contribution in [0, 0.1) is 0 Å². The average molecular weight is 570 g/mol. The Kier molecular flexibility index (Phi) is 10.4. The van der Waals surface area contributed by atoms with E-state index in [-0.39, 0.29) is 28.8 Å². The molecule has 40 heavy (non-hydrogen) atoms. The molecule has 0 aliphatic carbocycles. The minimum absolute atomic E-state index is 0.0373. The molecular weight excluding hydrogens is 534 g/mol. The molecule has 214 valence electrons. The number of carbonyl (C=O) groups excluding carboxylic acids is 2. The highest BCUT2D eigenvalue weighted by Crippen LogP contribution is 2.33. The van der Waals surface area contributed by atoms with E-state index in [9.17, 15) is 18.0 Å². The molecule has 3 rings (SSSR count). The Hall–Kier alpha value is -4.25. The van der Waals surface area contributed by atoms with E-state index in [4.69, 9.17) is 14.2 Å². The van der Waals surface area contributed by atoms with E-state index in [2.05, 4.69) is 5.32 Å². The van der Waals surface area contributed by atoms with Crippen molar-refractivity contribution in [3.63, 3.8) is 0 Å². The van der Waals surface area contributed by atoms with Gasteiger partial charge in [-0.25, -0.2) is 8.42 Å². The first-order valence-electron chi connectivity index (χ1n) is 12.6. The molecule has 0 aliphatic heterocycles. The number of carbonyl (C=O) groups is 2. The maximum atomic E-state index is 14.0. The van der Waals surface area contributed by atoms with Crippen LogP contribution in [0.3, 0.4) is 0 Å². The first kappa shape index (κ1) is 30.3. The topological polar surface area (TPSA) is 114 Å². The molecule has 0 spiro atoms. The number of ether oxygens (including phenoxy) is 3. The summed E-state index contributed by atoms with van der Waals surface area (Å²) < 4.78 is 44.9. The molecule has 0 aromatic heterocycles. The maximum absolute atomic E-state index is 14.0. The van der Waals surface area contributed by atoms with Crippen molar-refractivity contribution < 1.29 is 32.2 Å². The third kappa shape index (κ3) is 6.84. The molecule has 0 saturated carbocycles. The Morgan fingerprint density at radius 2 is 1.55 bits per heavy atom. The van der Waals surface area contributed by atoms with E-state index in [1.807, 2.05) is 6.07 Å². The van der Waals surface area contributed by atoms with E-state index < -0.39 is 28.5 Å². The summed E-state index contributed by atoms with van der Waals surface area (Å²) >= 11 is 0. The van der Waals surface area contributed by atoms with Crippen LogP contribution >= 0.6 is 0 Å². The number of anilines is 1. The molecule has 0 aliphatic rings. The van der Waals surface area contributed by atoms with Gasteiger partial charge in [0, 0.05) is 13.6 Å². The van der Waals surface area contributed by atoms with Crippen LogP contribution in [-0.2, 0) is 26.2 Å². The van der Waals surface area contributed by atoms with E-state index in [1.165, 1.54) is 57.5 Å². The van der Waals surface area contributed by atoms with Gasteiger partial charge in [0.15, 0.2) is 0 Å². The van der Waals surface area contributed by atoms with Crippen LogP contribution in [0.1, 0.15) is 18.9 Å². The van der Waals surface area contributed by atoms with Gasteiger partial charge in [-0.2, -0.15) is 0 Å². The number of likely N-dealkylation sites (N-methyl/N-ethyl adjacent to an activating group) is 1. The quantitative estimate of drug-likeness (QED) is 0.335. The van der Waals surface area contributed by atoms with Crippen LogP contribution in [-0.4, -0.2) is 66.1 Å². The molecular formula is C29H35N3O7S. The van der Waals surface area contributed by atoms with Crippen molar-refractivity contribution in [1.82, 2.24) is 10.2 Å². The second kappa shape index (κ2) is 13.7. The molecule has 0 saturated heterocycles. The summed E-state index contributed by atoms with van der Waals surface area (Å²) in [6.45, 7) is 1.27. The van der Waals surface area contributed by atoms with Crippen molar-refractivity contribution in [2.75, 3.05) is 39.2 Å². The second-order valence-corrected chi connectivity index (χ2v) is 10.6. The fraction of sp³-hybridized carbons (Fsp3) is 0.310. The van der Waals surface area contributed by atoms with Crippen LogP contribution in [0.25, 0.3) is 0 Å². The predicted octanol–water partition coefficient (Wildman–Crippen LogP) is 3.46. The van der Waals surface area contributed by atoms with Gasteiger partial charge in [0.2, 0.25) is 11.8 Å². The van der Waals surface area contributed by atoms with Crippen molar-refractivity contribution >= 4 is 27.5 Å². The molecule has 2 amide bonds. The van der Waals surface area contributed by atoms with Crippen LogP contribution in [0.4, 0.5) is 5.69 Å². The lowest BCUT2D eigenvalue weighted by Crippen LogP contribution is -2.51. The zero-order chi connectivity index (χ0) is 29.3. The third-order valence-electron chi connectivity index (χ3n) is 6.40. The average Bonchev–Trinajstić information content (AvgIpc) is 2.99. The summed E-state index contributed by atoms with van der Waals surface area (Å²) in [6.07, 6.45) is 0.315. The fourth-order valence-corrected chi connectivity index (χ4v) is 5.70. The fourth-order valence-electron chi connectivity index (χ4n) is 4.28. The lowest BCUT2D eigenvalue weighted by atomic mass is 10.1. The van der Waals surface area contributed by atoms with Crippen molar-refractivity contribution in [2.24, 2.45) is 0 Å². The number of amides is 2. The molecule has 0 radical (unpaired) electrons. The van der Waals surface area contributed by atoms with Gasteiger partial charge in [0.05, 0.1) is 31.9 Å². The molecule has 1 N–H and O–H groups in total. The highest BCUT2D eigenvalue weighted by atomic mass is 32.2. The molecule has 0 heterocycles. The van der Waals surface area contributed by atoms with Gasteiger partial charge in [0.25, 0.3) is 10.0 Å². The minimum Gasteiger partial charge on any atom is -0.497 e. The summed E-state index contributed by atoms with van der Waals surface area (Å²) in [4.78, 5) is 28.2. The zero-order valence-corrected chi connectivity index (χ0v) is 24.1. The standard InChI is InChI=1S/C29H35N3O7S/c1-6-25(29(34)30-2)31(19-21-10-9-11-23(18-21)38-4)28(33)20-32(26-12-7-8-13-27(26)39-5)40(35,36)24-16-14-22(37-3)15-17-24/h7-18,25H,6,19-20H2,1-5H3,(H,30,34)/t25-/m1/s1. The van der Waals surface area contributed by atoms with Crippen molar-refractivity contribution in [3.05, 3.63) is 78.4 Å². The zero-order valence-electron chi connectivity index (χ0n) is 23.3. The number of hydrogen-bond donors (Lipinski definition) is 1. The molecule has 11 heteroatoms. The van der Waals surface area contributed by atoms with Gasteiger partial charge in [-0.15, -0.1) is 0 Å². The number of methoxy groups -OCH3 is 3. The van der Waals surface area contributed by atoms with Gasteiger partial charge in [-0.3, -0.25) is 13.9 Å². The maximum Gasteiger partial charge on any atom is 0.264 e. The Bertz CT molecular complexity index is 1410. The largest absolute Gasteiger partial charge is 0.497 e. The molecule has 0 fully saturated rings. The summed E-state index contributed by atoms with van der Waals surface area (Å²) in [6, 6.07) is 18.7. The van der Waals surface area contributed by atoms with Crippen LogP contribution < -0.4 is 23.8 Å². The van der Waals surface area contributed by atoms with Crippen LogP contribution in [0.2, 0.25) is 0 Å². The highest BCUT2D eigenvalue weighted by Gasteiger charge is 2.34. The lowest BCUT2D eigenvalue weighted by molar-refractivity contribution is -0.140. The van der Waals surface area contributed by atoms with Gasteiger partial charge < -0.3 is 24.4 Å². The van der Waals surface area contributed by atoms with Gasteiger partial charge in [-0.1, -0.05) is 31.2 Å². The number of nitrogens with one attached hydrogen (secondary N) is 1. The number of benzene rings is 3. The molecule has 3 aromatic carbocycles. The van der Waals surface area contributed by atoms with E-state index in [0.29, 0.717) is 17.9 Å². The van der Waals surface area contributed by atoms with Crippen molar-refractivity contribution in [3.8, 4) is 17.2 Å². The van der Waals surface area contributed by atoms with Gasteiger partial charge >= 0.3 is 0 Å². The molecule has 10 nitrogen and oxygen atoms in total. The Morgan fingerprint density at radius 1 is 0.875 bits per heavy atom. The predicted molar refractivity (Wildman–Crippen MR) is 152 cm³/mol. The first-order chi connectivity index (χ1) is 19.2. The van der Waals surface area contributed by atoms with Gasteiger partial charge in [-0.05, 0) is 60.5 Å². The third-order valence-corrected chi connectivity index (χ3v) is 8.17. The number of para-hydroxylation sites is 2. The summed E-state index contributed by atoms with van der Waals surface area (Å²) in [5.41, 5.74) is 0.903. The summed E-state index contributed by atoms with van der Waals surface area (Å²) in [7, 11) is 1.69.